The van der Waals surface area contributed by atoms with Gasteiger partial charge in [-0.2, -0.15) is 0 Å². The SMILES string of the molecule is O=C(COc1ccc(-c2ccccc2)cc1)N1CCN(c2ccncc2)CC1. The number of carbonyl (C=O) groups excluding carboxylic acids is 1. The van der Waals surface area contributed by atoms with Crippen molar-refractivity contribution in [3.63, 3.8) is 0 Å². The molecule has 1 aliphatic rings. The van der Waals surface area contributed by atoms with E-state index in [1.54, 1.807) is 12.4 Å². The lowest BCUT2D eigenvalue weighted by Crippen LogP contribution is -2.50. The first kappa shape index (κ1) is 18.0. The Morgan fingerprint density at radius 1 is 0.821 bits per heavy atom. The number of hydrogen-bond donors (Lipinski definition) is 0. The van der Waals surface area contributed by atoms with Gasteiger partial charge in [-0.3, -0.25) is 9.78 Å². The molecule has 28 heavy (non-hydrogen) atoms. The van der Waals surface area contributed by atoms with Crippen molar-refractivity contribution >= 4 is 11.6 Å². The van der Waals surface area contributed by atoms with E-state index < -0.39 is 0 Å². The number of carbonyl (C=O) groups is 1. The summed E-state index contributed by atoms with van der Waals surface area (Å²) in [6.07, 6.45) is 3.59. The average molecular weight is 373 g/mol. The van der Waals surface area contributed by atoms with Gasteiger partial charge in [0.1, 0.15) is 5.75 Å². The van der Waals surface area contributed by atoms with E-state index in [2.05, 4.69) is 22.0 Å². The monoisotopic (exact) mass is 373 g/mol. The van der Waals surface area contributed by atoms with Gasteiger partial charge in [0.15, 0.2) is 6.61 Å². The summed E-state index contributed by atoms with van der Waals surface area (Å²) < 4.78 is 5.71. The van der Waals surface area contributed by atoms with Crippen molar-refractivity contribution in [2.45, 2.75) is 0 Å². The van der Waals surface area contributed by atoms with E-state index in [0.717, 1.165) is 29.9 Å². The molecule has 2 aromatic carbocycles. The maximum atomic E-state index is 12.5. The summed E-state index contributed by atoms with van der Waals surface area (Å²) in [4.78, 5) is 20.7. The number of ether oxygens (including phenoxy) is 1. The fourth-order valence-electron chi connectivity index (χ4n) is 3.38. The van der Waals surface area contributed by atoms with E-state index in [4.69, 9.17) is 4.74 Å². The number of anilines is 1. The highest BCUT2D eigenvalue weighted by Crippen LogP contribution is 2.22. The maximum absolute atomic E-state index is 12.5. The molecule has 0 saturated carbocycles. The molecule has 0 radical (unpaired) electrons. The van der Waals surface area contributed by atoms with Crippen LogP contribution in [0, 0.1) is 0 Å². The lowest BCUT2D eigenvalue weighted by molar-refractivity contribution is -0.133. The molecule has 0 N–H and O–H groups in total. The molecule has 0 bridgehead atoms. The highest BCUT2D eigenvalue weighted by molar-refractivity contribution is 5.78. The number of piperazine rings is 1. The zero-order valence-electron chi connectivity index (χ0n) is 15.7. The first-order valence-corrected chi connectivity index (χ1v) is 9.51. The van der Waals surface area contributed by atoms with Crippen molar-refractivity contribution in [1.29, 1.82) is 0 Å². The largest absolute Gasteiger partial charge is 0.484 e. The van der Waals surface area contributed by atoms with Crippen LogP contribution in [0.3, 0.4) is 0 Å². The molecule has 3 aromatic rings. The Hall–Kier alpha value is -3.34. The van der Waals surface area contributed by atoms with Crippen LogP contribution in [0.5, 0.6) is 5.75 Å². The van der Waals surface area contributed by atoms with Gasteiger partial charge in [-0.1, -0.05) is 42.5 Å². The second-order valence-corrected chi connectivity index (χ2v) is 6.75. The summed E-state index contributed by atoms with van der Waals surface area (Å²) in [6.45, 7) is 3.12. The lowest BCUT2D eigenvalue weighted by atomic mass is 10.1. The van der Waals surface area contributed by atoms with Crippen molar-refractivity contribution in [1.82, 2.24) is 9.88 Å². The fourth-order valence-corrected chi connectivity index (χ4v) is 3.38. The predicted octanol–water partition coefficient (Wildman–Crippen LogP) is 3.48. The zero-order chi connectivity index (χ0) is 19.2. The Morgan fingerprint density at radius 2 is 1.46 bits per heavy atom. The predicted molar refractivity (Wildman–Crippen MR) is 110 cm³/mol. The Balaban J connectivity index is 1.27. The van der Waals surface area contributed by atoms with Crippen LogP contribution in [-0.4, -0.2) is 48.6 Å². The van der Waals surface area contributed by atoms with Gasteiger partial charge in [-0.05, 0) is 35.4 Å². The normalized spacial score (nSPS) is 14.0. The minimum Gasteiger partial charge on any atom is -0.484 e. The maximum Gasteiger partial charge on any atom is 0.260 e. The van der Waals surface area contributed by atoms with Crippen LogP contribution >= 0.6 is 0 Å². The van der Waals surface area contributed by atoms with Crippen LogP contribution in [0.2, 0.25) is 0 Å². The minimum atomic E-state index is 0.0292. The topological polar surface area (TPSA) is 45.7 Å². The van der Waals surface area contributed by atoms with Crippen molar-refractivity contribution < 1.29 is 9.53 Å². The quantitative estimate of drug-likeness (QED) is 0.687. The molecule has 4 rings (SSSR count). The number of benzene rings is 2. The van der Waals surface area contributed by atoms with Gasteiger partial charge in [0, 0.05) is 44.3 Å². The van der Waals surface area contributed by atoms with Gasteiger partial charge < -0.3 is 14.5 Å². The third kappa shape index (κ3) is 4.31. The van der Waals surface area contributed by atoms with Gasteiger partial charge in [-0.15, -0.1) is 0 Å². The molecule has 1 aliphatic heterocycles. The summed E-state index contributed by atoms with van der Waals surface area (Å²) in [5, 5.41) is 0. The summed E-state index contributed by atoms with van der Waals surface area (Å²) in [5.74, 6) is 0.741. The lowest BCUT2D eigenvalue weighted by Gasteiger charge is -2.36. The number of rotatable bonds is 5. The average Bonchev–Trinajstić information content (AvgIpc) is 2.79. The second-order valence-electron chi connectivity index (χ2n) is 6.75. The van der Waals surface area contributed by atoms with Gasteiger partial charge in [0.25, 0.3) is 5.91 Å². The summed E-state index contributed by atoms with van der Waals surface area (Å²) in [7, 11) is 0. The van der Waals surface area contributed by atoms with E-state index in [0.29, 0.717) is 18.8 Å². The molecule has 5 nitrogen and oxygen atoms in total. The van der Waals surface area contributed by atoms with Crippen LogP contribution < -0.4 is 9.64 Å². The molecule has 0 aliphatic carbocycles. The number of amides is 1. The van der Waals surface area contributed by atoms with Crippen molar-refractivity contribution in [3.05, 3.63) is 79.1 Å². The van der Waals surface area contributed by atoms with Gasteiger partial charge >= 0.3 is 0 Å². The number of hydrogen-bond acceptors (Lipinski definition) is 4. The molecule has 142 valence electrons. The van der Waals surface area contributed by atoms with Crippen LogP contribution in [0.1, 0.15) is 0 Å². The van der Waals surface area contributed by atoms with E-state index >= 15 is 0 Å². The minimum absolute atomic E-state index is 0.0292. The number of aromatic nitrogens is 1. The molecule has 1 amide bonds. The van der Waals surface area contributed by atoms with Gasteiger partial charge in [0.05, 0.1) is 0 Å². The Kier molecular flexibility index (Phi) is 5.52. The molecular formula is C23H23N3O2. The Morgan fingerprint density at radius 3 is 2.14 bits per heavy atom. The first-order valence-electron chi connectivity index (χ1n) is 9.51. The molecular weight excluding hydrogens is 350 g/mol. The molecule has 2 heterocycles. The van der Waals surface area contributed by atoms with Crippen LogP contribution in [0.4, 0.5) is 5.69 Å². The number of nitrogens with zero attached hydrogens (tertiary/aromatic N) is 3. The second kappa shape index (κ2) is 8.57. The first-order chi connectivity index (χ1) is 13.8. The van der Waals surface area contributed by atoms with Crippen LogP contribution in [0.15, 0.2) is 79.1 Å². The molecule has 0 spiro atoms. The molecule has 1 fully saturated rings. The fraction of sp³-hybridized carbons (Fsp3) is 0.217. The van der Waals surface area contributed by atoms with E-state index in [9.17, 15) is 4.79 Å². The zero-order valence-corrected chi connectivity index (χ0v) is 15.7. The van der Waals surface area contributed by atoms with E-state index in [1.165, 1.54) is 0 Å². The van der Waals surface area contributed by atoms with E-state index in [-0.39, 0.29) is 12.5 Å². The summed E-state index contributed by atoms with van der Waals surface area (Å²) in [5.41, 5.74) is 3.44. The smallest absolute Gasteiger partial charge is 0.260 e. The van der Waals surface area contributed by atoms with Crippen molar-refractivity contribution in [3.8, 4) is 16.9 Å². The van der Waals surface area contributed by atoms with Crippen LogP contribution in [0.25, 0.3) is 11.1 Å². The standard InChI is InChI=1S/C23H23N3O2/c27-23(26-16-14-25(15-17-26)21-10-12-24-13-11-21)18-28-22-8-6-20(7-9-22)19-4-2-1-3-5-19/h1-13H,14-18H2. The summed E-state index contributed by atoms with van der Waals surface area (Å²) in [6, 6.07) is 22.1. The van der Waals surface area contributed by atoms with Gasteiger partial charge in [-0.25, -0.2) is 0 Å². The molecule has 0 atom stereocenters. The Bertz CT molecular complexity index is 890. The van der Waals surface area contributed by atoms with Crippen molar-refractivity contribution in [2.24, 2.45) is 0 Å². The third-order valence-electron chi connectivity index (χ3n) is 4.98. The molecule has 1 saturated heterocycles. The number of pyridine rings is 1. The summed E-state index contributed by atoms with van der Waals surface area (Å²) >= 11 is 0. The third-order valence-corrected chi connectivity index (χ3v) is 4.98. The molecule has 1 aromatic heterocycles. The Labute approximate surface area is 165 Å². The molecule has 0 unspecified atom stereocenters. The molecule has 5 heteroatoms. The van der Waals surface area contributed by atoms with Crippen LogP contribution in [-0.2, 0) is 4.79 Å². The van der Waals surface area contributed by atoms with Crippen molar-refractivity contribution in [2.75, 3.05) is 37.7 Å². The van der Waals surface area contributed by atoms with E-state index in [1.807, 2.05) is 59.5 Å². The highest BCUT2D eigenvalue weighted by atomic mass is 16.5. The van der Waals surface area contributed by atoms with Gasteiger partial charge in [0.2, 0.25) is 0 Å². The highest BCUT2D eigenvalue weighted by Gasteiger charge is 2.21.